The fraction of sp³-hybridized carbons (Fsp3) is 0.588. The molecule has 0 spiro atoms. The zero-order valence-electron chi connectivity index (χ0n) is 15.4. The predicted octanol–water partition coefficient (Wildman–Crippen LogP) is 2.14. The first-order valence-corrected chi connectivity index (χ1v) is 9.82. The molecule has 1 unspecified atom stereocenters. The highest BCUT2D eigenvalue weighted by atomic mass is 35.5. The van der Waals surface area contributed by atoms with Crippen LogP contribution in [0.5, 0.6) is 0 Å². The molecule has 0 fully saturated rings. The van der Waals surface area contributed by atoms with E-state index in [-0.39, 0.29) is 42.2 Å². The summed E-state index contributed by atoms with van der Waals surface area (Å²) in [5.74, 6) is -0.196. The van der Waals surface area contributed by atoms with E-state index in [1.54, 1.807) is 0 Å². The van der Waals surface area contributed by atoms with Gasteiger partial charge in [0.25, 0.3) is 0 Å². The number of hydrogen-bond donors (Lipinski definition) is 2. The van der Waals surface area contributed by atoms with Crippen molar-refractivity contribution in [2.24, 2.45) is 11.7 Å². The Hall–Kier alpha value is -1.22. The van der Waals surface area contributed by atoms with Crippen LogP contribution in [0.3, 0.4) is 0 Å². The van der Waals surface area contributed by atoms with E-state index in [4.69, 9.17) is 5.73 Å². The number of hydrogen-bond acceptors (Lipinski definition) is 4. The molecular weight excluding hydrogens is 381 g/mol. The number of amides is 1. The standard InChI is InChI=1S/C17H28FN3O3S.ClH/c1-13(2)11-15(12-19)20-17(22)5-4-10-21(3)25(23,24)16-8-6-14(18)7-9-16;/h6-9,13,15H,4-5,10-12,19H2,1-3H3,(H,20,22);1H. The minimum Gasteiger partial charge on any atom is -0.352 e. The molecule has 9 heteroatoms. The number of carbonyl (C=O) groups is 1. The number of benzene rings is 1. The second-order valence-corrected chi connectivity index (χ2v) is 8.56. The van der Waals surface area contributed by atoms with E-state index in [1.807, 2.05) is 0 Å². The summed E-state index contributed by atoms with van der Waals surface area (Å²) in [4.78, 5) is 12.0. The number of nitrogens with zero attached hydrogens (tertiary/aromatic N) is 1. The van der Waals surface area contributed by atoms with Crippen LogP contribution >= 0.6 is 12.4 Å². The molecule has 0 aliphatic rings. The van der Waals surface area contributed by atoms with Crippen molar-refractivity contribution in [1.29, 1.82) is 0 Å². The van der Waals surface area contributed by atoms with Crippen molar-refractivity contribution < 1.29 is 17.6 Å². The highest BCUT2D eigenvalue weighted by Crippen LogP contribution is 2.15. The molecule has 0 bridgehead atoms. The van der Waals surface area contributed by atoms with Crippen LogP contribution in [0.15, 0.2) is 29.2 Å². The zero-order chi connectivity index (χ0) is 19.0. The molecule has 150 valence electrons. The van der Waals surface area contributed by atoms with E-state index >= 15 is 0 Å². The van der Waals surface area contributed by atoms with Crippen LogP contribution in [-0.2, 0) is 14.8 Å². The lowest BCUT2D eigenvalue weighted by molar-refractivity contribution is -0.121. The Morgan fingerprint density at radius 2 is 1.85 bits per heavy atom. The zero-order valence-corrected chi connectivity index (χ0v) is 17.1. The van der Waals surface area contributed by atoms with Gasteiger partial charge in [0.2, 0.25) is 15.9 Å². The molecule has 0 saturated heterocycles. The quantitative estimate of drug-likeness (QED) is 0.619. The molecule has 0 aromatic heterocycles. The SMILES string of the molecule is CC(C)CC(CN)NC(=O)CCCN(C)S(=O)(=O)c1ccc(F)cc1.Cl. The summed E-state index contributed by atoms with van der Waals surface area (Å²) in [6.07, 6.45) is 1.42. The lowest BCUT2D eigenvalue weighted by Gasteiger charge is -2.20. The number of nitrogens with one attached hydrogen (secondary N) is 1. The van der Waals surface area contributed by atoms with Gasteiger partial charge in [0.15, 0.2) is 0 Å². The minimum absolute atomic E-state index is 0. The van der Waals surface area contributed by atoms with Gasteiger partial charge in [0.1, 0.15) is 5.82 Å². The fourth-order valence-electron chi connectivity index (χ4n) is 2.45. The average molecular weight is 410 g/mol. The van der Waals surface area contributed by atoms with Gasteiger partial charge in [-0.15, -0.1) is 12.4 Å². The summed E-state index contributed by atoms with van der Waals surface area (Å²) in [7, 11) is -2.24. The van der Waals surface area contributed by atoms with Gasteiger partial charge in [0.05, 0.1) is 4.90 Å². The summed E-state index contributed by atoms with van der Waals surface area (Å²) < 4.78 is 38.8. The van der Waals surface area contributed by atoms with Crippen molar-refractivity contribution in [3.8, 4) is 0 Å². The second kappa shape index (κ2) is 11.5. The second-order valence-electron chi connectivity index (χ2n) is 6.51. The highest BCUT2D eigenvalue weighted by molar-refractivity contribution is 7.89. The summed E-state index contributed by atoms with van der Waals surface area (Å²) in [5, 5.41) is 2.87. The smallest absolute Gasteiger partial charge is 0.242 e. The third-order valence-corrected chi connectivity index (χ3v) is 5.68. The number of halogens is 2. The molecule has 1 atom stereocenters. The van der Waals surface area contributed by atoms with Gasteiger partial charge in [-0.1, -0.05) is 13.8 Å². The predicted molar refractivity (Wildman–Crippen MR) is 103 cm³/mol. The van der Waals surface area contributed by atoms with Crippen LogP contribution in [-0.4, -0.2) is 44.8 Å². The molecule has 0 aliphatic heterocycles. The average Bonchev–Trinajstić information content (AvgIpc) is 2.54. The van der Waals surface area contributed by atoms with E-state index in [0.717, 1.165) is 18.6 Å². The van der Waals surface area contributed by atoms with Gasteiger partial charge in [-0.3, -0.25) is 4.79 Å². The molecule has 6 nitrogen and oxygen atoms in total. The van der Waals surface area contributed by atoms with E-state index < -0.39 is 15.8 Å². The van der Waals surface area contributed by atoms with Crippen LogP contribution in [0.25, 0.3) is 0 Å². The van der Waals surface area contributed by atoms with Gasteiger partial charge < -0.3 is 11.1 Å². The molecule has 26 heavy (non-hydrogen) atoms. The third-order valence-electron chi connectivity index (χ3n) is 3.80. The normalized spacial score (nSPS) is 12.7. The van der Waals surface area contributed by atoms with Crippen molar-refractivity contribution in [2.75, 3.05) is 20.1 Å². The molecule has 0 saturated carbocycles. The van der Waals surface area contributed by atoms with Crippen molar-refractivity contribution in [3.63, 3.8) is 0 Å². The molecule has 1 aromatic carbocycles. The van der Waals surface area contributed by atoms with Crippen LogP contribution < -0.4 is 11.1 Å². The Morgan fingerprint density at radius 3 is 2.35 bits per heavy atom. The van der Waals surface area contributed by atoms with Crippen LogP contribution in [0, 0.1) is 11.7 Å². The molecule has 1 aromatic rings. The van der Waals surface area contributed by atoms with Crippen LogP contribution in [0.4, 0.5) is 4.39 Å². The largest absolute Gasteiger partial charge is 0.352 e. The van der Waals surface area contributed by atoms with E-state index in [1.165, 1.54) is 23.5 Å². The summed E-state index contributed by atoms with van der Waals surface area (Å²) in [5.41, 5.74) is 5.65. The number of nitrogens with two attached hydrogens (primary N) is 1. The molecule has 0 heterocycles. The van der Waals surface area contributed by atoms with Crippen LogP contribution in [0.1, 0.15) is 33.1 Å². The maximum Gasteiger partial charge on any atom is 0.242 e. The monoisotopic (exact) mass is 409 g/mol. The van der Waals surface area contributed by atoms with Gasteiger partial charge >= 0.3 is 0 Å². The maximum absolute atomic E-state index is 12.9. The van der Waals surface area contributed by atoms with Gasteiger partial charge in [-0.25, -0.2) is 17.1 Å². The first-order valence-electron chi connectivity index (χ1n) is 8.38. The number of sulfonamides is 1. The first-order chi connectivity index (χ1) is 11.7. The third kappa shape index (κ3) is 7.99. The molecule has 0 radical (unpaired) electrons. The maximum atomic E-state index is 12.9. The van der Waals surface area contributed by atoms with Gasteiger partial charge in [-0.2, -0.15) is 0 Å². The Morgan fingerprint density at radius 1 is 1.27 bits per heavy atom. The van der Waals surface area contributed by atoms with E-state index in [2.05, 4.69) is 19.2 Å². The topological polar surface area (TPSA) is 92.5 Å². The molecule has 1 rings (SSSR count). The van der Waals surface area contributed by atoms with Crippen molar-refractivity contribution >= 4 is 28.3 Å². The summed E-state index contributed by atoms with van der Waals surface area (Å²) in [6, 6.07) is 4.61. The molecule has 0 aliphatic carbocycles. The van der Waals surface area contributed by atoms with Crippen molar-refractivity contribution in [2.45, 2.75) is 44.0 Å². The van der Waals surface area contributed by atoms with E-state index in [9.17, 15) is 17.6 Å². The van der Waals surface area contributed by atoms with Gasteiger partial charge in [0, 0.05) is 32.6 Å². The number of rotatable bonds is 10. The molecular formula is C17H29ClFN3O3S. The van der Waals surface area contributed by atoms with Crippen molar-refractivity contribution in [3.05, 3.63) is 30.1 Å². The minimum atomic E-state index is -3.68. The Labute approximate surface area is 161 Å². The van der Waals surface area contributed by atoms with Gasteiger partial charge in [-0.05, 0) is 43.0 Å². The fourth-order valence-corrected chi connectivity index (χ4v) is 3.66. The highest BCUT2D eigenvalue weighted by Gasteiger charge is 2.21. The Bertz CT molecular complexity index is 654. The van der Waals surface area contributed by atoms with Crippen molar-refractivity contribution in [1.82, 2.24) is 9.62 Å². The Kier molecular flexibility index (Phi) is 10.9. The summed E-state index contributed by atoms with van der Waals surface area (Å²) >= 11 is 0. The number of carbonyl (C=O) groups excluding carboxylic acids is 1. The first kappa shape index (κ1) is 24.8. The molecule has 1 amide bonds. The molecule has 3 N–H and O–H groups in total. The Balaban J connectivity index is 0.00000625. The van der Waals surface area contributed by atoms with E-state index in [0.29, 0.717) is 18.9 Å². The lowest BCUT2D eigenvalue weighted by atomic mass is 10.0. The lowest BCUT2D eigenvalue weighted by Crippen LogP contribution is -2.41. The van der Waals surface area contributed by atoms with Crippen LogP contribution in [0.2, 0.25) is 0 Å². The summed E-state index contributed by atoms with van der Waals surface area (Å²) in [6.45, 7) is 4.70.